The average molecular weight is 275 g/mol. The highest BCUT2D eigenvalue weighted by atomic mass is 127. The van der Waals surface area contributed by atoms with Gasteiger partial charge in [0.1, 0.15) is 6.07 Å². The SMILES string of the molecule is Cc1ccc(S)c(C#N)c1I. The van der Waals surface area contributed by atoms with E-state index < -0.39 is 0 Å². The van der Waals surface area contributed by atoms with Crippen LogP contribution in [0.1, 0.15) is 11.1 Å². The smallest absolute Gasteiger partial charge is 0.101 e. The molecule has 0 aliphatic heterocycles. The van der Waals surface area contributed by atoms with Crippen molar-refractivity contribution in [2.75, 3.05) is 0 Å². The summed E-state index contributed by atoms with van der Waals surface area (Å²) in [5.41, 5.74) is 1.80. The molecule has 0 aliphatic carbocycles. The van der Waals surface area contributed by atoms with E-state index in [9.17, 15) is 0 Å². The van der Waals surface area contributed by atoms with Crippen molar-refractivity contribution >= 4 is 35.2 Å². The summed E-state index contributed by atoms with van der Waals surface area (Å²) in [5, 5.41) is 8.72. The fourth-order valence-corrected chi connectivity index (χ4v) is 1.82. The first-order chi connectivity index (χ1) is 5.16. The lowest BCUT2D eigenvalue weighted by Crippen LogP contribution is -1.87. The highest BCUT2D eigenvalue weighted by Crippen LogP contribution is 2.22. The number of hydrogen-bond acceptors (Lipinski definition) is 2. The summed E-state index contributed by atoms with van der Waals surface area (Å²) < 4.78 is 0.998. The maximum atomic E-state index is 8.72. The van der Waals surface area contributed by atoms with E-state index in [-0.39, 0.29) is 0 Å². The van der Waals surface area contributed by atoms with Crippen LogP contribution in [0.4, 0.5) is 0 Å². The fourth-order valence-electron chi connectivity index (χ4n) is 0.776. The molecule has 11 heavy (non-hydrogen) atoms. The molecule has 0 saturated carbocycles. The Kier molecular flexibility index (Phi) is 2.79. The van der Waals surface area contributed by atoms with Gasteiger partial charge in [0.2, 0.25) is 0 Å². The summed E-state index contributed by atoms with van der Waals surface area (Å²) in [6, 6.07) is 5.93. The lowest BCUT2D eigenvalue weighted by atomic mass is 10.1. The summed E-state index contributed by atoms with van der Waals surface area (Å²) in [6.45, 7) is 1.98. The van der Waals surface area contributed by atoms with Gasteiger partial charge in [0.15, 0.2) is 0 Å². The van der Waals surface area contributed by atoms with E-state index in [1.165, 1.54) is 0 Å². The van der Waals surface area contributed by atoms with Crippen LogP contribution in [-0.4, -0.2) is 0 Å². The van der Waals surface area contributed by atoms with E-state index in [1.54, 1.807) is 0 Å². The molecule has 0 bridgehead atoms. The Balaban J connectivity index is 3.44. The van der Waals surface area contributed by atoms with E-state index in [0.717, 1.165) is 14.0 Å². The maximum Gasteiger partial charge on any atom is 0.101 e. The second-order valence-electron chi connectivity index (χ2n) is 2.20. The van der Waals surface area contributed by atoms with Gasteiger partial charge >= 0.3 is 0 Å². The van der Waals surface area contributed by atoms with Crippen LogP contribution in [-0.2, 0) is 0 Å². The molecule has 0 N–H and O–H groups in total. The monoisotopic (exact) mass is 275 g/mol. The summed E-state index contributed by atoms with van der Waals surface area (Å²) in [5.74, 6) is 0. The molecule has 0 saturated heterocycles. The number of thiol groups is 1. The number of benzene rings is 1. The van der Waals surface area contributed by atoms with Crippen molar-refractivity contribution in [2.45, 2.75) is 11.8 Å². The Morgan fingerprint density at radius 3 is 2.64 bits per heavy atom. The largest absolute Gasteiger partial charge is 0.192 e. The molecule has 0 heterocycles. The van der Waals surface area contributed by atoms with Gasteiger partial charge in [0.25, 0.3) is 0 Å². The highest BCUT2D eigenvalue weighted by Gasteiger charge is 2.04. The molecule has 1 aromatic rings. The molecule has 1 nitrogen and oxygen atoms in total. The highest BCUT2D eigenvalue weighted by molar-refractivity contribution is 14.1. The van der Waals surface area contributed by atoms with Gasteiger partial charge < -0.3 is 0 Å². The van der Waals surface area contributed by atoms with Crippen LogP contribution in [0.2, 0.25) is 0 Å². The van der Waals surface area contributed by atoms with E-state index in [0.29, 0.717) is 5.56 Å². The van der Waals surface area contributed by atoms with Gasteiger partial charge in [-0.15, -0.1) is 12.6 Å². The lowest BCUT2D eigenvalue weighted by molar-refractivity contribution is 1.29. The van der Waals surface area contributed by atoms with Crippen molar-refractivity contribution in [2.24, 2.45) is 0 Å². The summed E-state index contributed by atoms with van der Waals surface area (Å²) in [4.78, 5) is 0.752. The zero-order chi connectivity index (χ0) is 8.43. The summed E-state index contributed by atoms with van der Waals surface area (Å²) in [7, 11) is 0. The molecule has 0 amide bonds. The van der Waals surface area contributed by atoms with Crippen LogP contribution < -0.4 is 0 Å². The van der Waals surface area contributed by atoms with Gasteiger partial charge in [-0.1, -0.05) is 6.07 Å². The Morgan fingerprint density at radius 2 is 2.18 bits per heavy atom. The molecule has 0 unspecified atom stereocenters. The van der Waals surface area contributed by atoms with Crippen LogP contribution in [0.5, 0.6) is 0 Å². The van der Waals surface area contributed by atoms with Crippen LogP contribution in [0.15, 0.2) is 17.0 Å². The first-order valence-electron chi connectivity index (χ1n) is 3.05. The molecule has 1 rings (SSSR count). The number of nitrogens with zero attached hydrogens (tertiary/aromatic N) is 1. The molecule has 0 spiro atoms. The first kappa shape index (κ1) is 8.88. The van der Waals surface area contributed by atoms with Gasteiger partial charge in [0, 0.05) is 8.47 Å². The molecule has 0 fully saturated rings. The van der Waals surface area contributed by atoms with Crippen molar-refractivity contribution in [3.8, 4) is 6.07 Å². The van der Waals surface area contributed by atoms with Crippen LogP contribution in [0.25, 0.3) is 0 Å². The second-order valence-corrected chi connectivity index (χ2v) is 3.76. The minimum Gasteiger partial charge on any atom is -0.192 e. The number of hydrogen-bond donors (Lipinski definition) is 1. The van der Waals surface area contributed by atoms with Gasteiger partial charge in [-0.25, -0.2) is 0 Å². The van der Waals surface area contributed by atoms with Gasteiger partial charge in [0.05, 0.1) is 5.56 Å². The fraction of sp³-hybridized carbons (Fsp3) is 0.125. The first-order valence-corrected chi connectivity index (χ1v) is 4.57. The topological polar surface area (TPSA) is 23.8 Å². The third kappa shape index (κ3) is 1.68. The second kappa shape index (κ2) is 3.46. The third-order valence-electron chi connectivity index (χ3n) is 1.42. The normalized spacial score (nSPS) is 9.27. The summed E-state index contributed by atoms with van der Waals surface area (Å²) >= 11 is 6.33. The zero-order valence-electron chi connectivity index (χ0n) is 5.93. The van der Waals surface area contributed by atoms with Crippen molar-refractivity contribution in [1.29, 1.82) is 5.26 Å². The molecule has 1 aromatic carbocycles. The predicted molar refractivity (Wildman–Crippen MR) is 55.9 cm³/mol. The minimum atomic E-state index is 0.675. The van der Waals surface area contributed by atoms with Crippen LogP contribution >= 0.6 is 35.2 Å². The molecule has 0 aliphatic rings. The predicted octanol–water partition coefficient (Wildman–Crippen LogP) is 2.76. The standard InChI is InChI=1S/C8H6INS/c1-5-2-3-7(11)6(4-10)8(5)9/h2-3,11H,1H3. The lowest BCUT2D eigenvalue weighted by Gasteiger charge is -2.01. The van der Waals surface area contributed by atoms with Crippen molar-refractivity contribution in [1.82, 2.24) is 0 Å². The van der Waals surface area contributed by atoms with E-state index in [2.05, 4.69) is 41.3 Å². The van der Waals surface area contributed by atoms with Crippen molar-refractivity contribution in [3.63, 3.8) is 0 Å². The number of rotatable bonds is 0. The Morgan fingerprint density at radius 1 is 1.55 bits per heavy atom. The number of aryl methyl sites for hydroxylation is 1. The van der Waals surface area contributed by atoms with Crippen LogP contribution in [0, 0.1) is 21.8 Å². The minimum absolute atomic E-state index is 0.675. The number of halogens is 1. The molecule has 56 valence electrons. The van der Waals surface area contributed by atoms with Crippen molar-refractivity contribution < 1.29 is 0 Å². The number of nitriles is 1. The molecular formula is C8H6INS. The van der Waals surface area contributed by atoms with E-state index in [4.69, 9.17) is 5.26 Å². The zero-order valence-corrected chi connectivity index (χ0v) is 8.98. The van der Waals surface area contributed by atoms with Crippen LogP contribution in [0.3, 0.4) is 0 Å². The molecule has 0 radical (unpaired) electrons. The Hall–Kier alpha value is -0.210. The van der Waals surface area contributed by atoms with Gasteiger partial charge in [-0.05, 0) is 41.1 Å². The van der Waals surface area contributed by atoms with Gasteiger partial charge in [-0.2, -0.15) is 5.26 Å². The Bertz CT molecular complexity index is 328. The van der Waals surface area contributed by atoms with Gasteiger partial charge in [-0.3, -0.25) is 0 Å². The quantitative estimate of drug-likeness (QED) is 0.571. The average Bonchev–Trinajstić information content (AvgIpc) is 1.99. The van der Waals surface area contributed by atoms with Crippen molar-refractivity contribution in [3.05, 3.63) is 26.8 Å². The van der Waals surface area contributed by atoms with E-state index in [1.807, 2.05) is 19.1 Å². The molecular weight excluding hydrogens is 269 g/mol. The Labute approximate surface area is 85.0 Å². The third-order valence-corrected chi connectivity index (χ3v) is 3.19. The molecule has 0 atom stereocenters. The molecule has 3 heteroatoms. The summed E-state index contributed by atoms with van der Waals surface area (Å²) in [6.07, 6.45) is 0. The molecule has 0 aromatic heterocycles. The van der Waals surface area contributed by atoms with E-state index >= 15 is 0 Å². The maximum absolute atomic E-state index is 8.72.